The minimum atomic E-state index is -0.196. The summed E-state index contributed by atoms with van der Waals surface area (Å²) in [6, 6.07) is 14.8. The molecule has 0 fully saturated rings. The molecule has 28 heavy (non-hydrogen) atoms. The van der Waals surface area contributed by atoms with Gasteiger partial charge in [-0.25, -0.2) is 9.49 Å². The van der Waals surface area contributed by atoms with Gasteiger partial charge in [0.25, 0.3) is 5.56 Å². The van der Waals surface area contributed by atoms with Crippen molar-refractivity contribution in [2.75, 3.05) is 6.54 Å². The van der Waals surface area contributed by atoms with Gasteiger partial charge in [-0.05, 0) is 55.0 Å². The van der Waals surface area contributed by atoms with Gasteiger partial charge in [-0.2, -0.15) is 5.10 Å². The zero-order chi connectivity index (χ0) is 19.3. The van der Waals surface area contributed by atoms with E-state index in [1.165, 1.54) is 17.7 Å². The van der Waals surface area contributed by atoms with E-state index in [4.69, 9.17) is 0 Å². The maximum absolute atomic E-state index is 13.1. The van der Waals surface area contributed by atoms with Gasteiger partial charge in [-0.3, -0.25) is 4.79 Å². The van der Waals surface area contributed by atoms with Crippen molar-refractivity contribution in [3.8, 4) is 0 Å². The maximum atomic E-state index is 13.1. The van der Waals surface area contributed by atoms with Gasteiger partial charge < -0.3 is 5.32 Å². The number of fused-ring (bicyclic) bond motifs is 1. The largest absolute Gasteiger partial charge is 0.310 e. The van der Waals surface area contributed by atoms with E-state index in [1.807, 2.05) is 36.4 Å². The molecule has 0 amide bonds. The van der Waals surface area contributed by atoms with Crippen LogP contribution in [0.25, 0.3) is 16.3 Å². The van der Waals surface area contributed by atoms with E-state index in [-0.39, 0.29) is 11.4 Å². The number of halogens is 1. The Labute approximate surface area is 163 Å². The molecule has 0 bridgehead atoms. The van der Waals surface area contributed by atoms with Crippen molar-refractivity contribution in [2.45, 2.75) is 38.1 Å². The Morgan fingerprint density at radius 2 is 1.82 bits per heavy atom. The summed E-state index contributed by atoms with van der Waals surface area (Å²) in [4.78, 5) is 11.9. The van der Waals surface area contributed by atoms with Gasteiger partial charge in [0.15, 0.2) is 0 Å². The standard InChI is InChI=1S/C23H24FN3O/c24-18-11-9-16(10-12-18)17-13-14-25-19(15-17)5-1-4-8-22-20-6-2-3-7-21(20)23(28)27-26-22/h2-3,6-7,9-13,19,25H,1,4-5,8,14-15H2,(H,27,28). The van der Waals surface area contributed by atoms with Gasteiger partial charge in [-0.1, -0.05) is 42.8 Å². The second-order valence-corrected chi connectivity index (χ2v) is 7.34. The molecule has 1 aliphatic heterocycles. The lowest BCUT2D eigenvalue weighted by molar-refractivity contribution is 0.476. The monoisotopic (exact) mass is 377 g/mol. The second-order valence-electron chi connectivity index (χ2n) is 7.34. The van der Waals surface area contributed by atoms with Crippen LogP contribution in [-0.4, -0.2) is 22.8 Å². The van der Waals surface area contributed by atoms with E-state index in [0.29, 0.717) is 11.4 Å². The number of rotatable bonds is 6. The smallest absolute Gasteiger partial charge is 0.272 e. The molecule has 1 atom stereocenters. The van der Waals surface area contributed by atoms with Gasteiger partial charge in [-0.15, -0.1) is 0 Å². The quantitative estimate of drug-likeness (QED) is 0.633. The lowest BCUT2D eigenvalue weighted by atomic mass is 9.92. The van der Waals surface area contributed by atoms with Crippen molar-refractivity contribution in [2.24, 2.45) is 0 Å². The molecule has 1 unspecified atom stereocenters. The average Bonchev–Trinajstić information content (AvgIpc) is 2.73. The van der Waals surface area contributed by atoms with Crippen molar-refractivity contribution in [1.29, 1.82) is 0 Å². The normalized spacial score (nSPS) is 16.9. The topological polar surface area (TPSA) is 57.8 Å². The number of aromatic amines is 1. The van der Waals surface area contributed by atoms with Crippen molar-refractivity contribution in [3.05, 3.63) is 82.0 Å². The molecule has 5 heteroatoms. The third kappa shape index (κ3) is 4.20. The van der Waals surface area contributed by atoms with Crippen molar-refractivity contribution < 1.29 is 4.39 Å². The number of hydrogen-bond acceptors (Lipinski definition) is 3. The summed E-state index contributed by atoms with van der Waals surface area (Å²) in [7, 11) is 0. The molecular formula is C23H24FN3O. The molecular weight excluding hydrogens is 353 g/mol. The predicted octanol–water partition coefficient (Wildman–Crippen LogP) is 4.22. The van der Waals surface area contributed by atoms with Crippen LogP contribution in [-0.2, 0) is 6.42 Å². The molecule has 2 heterocycles. The fourth-order valence-corrected chi connectivity index (χ4v) is 3.92. The van der Waals surface area contributed by atoms with Crippen LogP contribution in [0.15, 0.2) is 59.4 Å². The first-order valence-electron chi connectivity index (χ1n) is 9.85. The van der Waals surface area contributed by atoms with Gasteiger partial charge in [0.05, 0.1) is 11.1 Å². The van der Waals surface area contributed by atoms with E-state index >= 15 is 0 Å². The number of aryl methyl sites for hydroxylation is 1. The summed E-state index contributed by atoms with van der Waals surface area (Å²) in [6.07, 6.45) is 7.20. The van der Waals surface area contributed by atoms with Crippen LogP contribution in [0.5, 0.6) is 0 Å². The third-order valence-electron chi connectivity index (χ3n) is 5.43. The fourth-order valence-electron chi connectivity index (χ4n) is 3.92. The molecule has 2 N–H and O–H groups in total. The van der Waals surface area contributed by atoms with E-state index in [1.54, 1.807) is 0 Å². The number of hydrogen-bond donors (Lipinski definition) is 2. The highest BCUT2D eigenvalue weighted by Crippen LogP contribution is 2.25. The highest BCUT2D eigenvalue weighted by atomic mass is 19.1. The van der Waals surface area contributed by atoms with Crippen LogP contribution >= 0.6 is 0 Å². The van der Waals surface area contributed by atoms with Crippen molar-refractivity contribution >= 4 is 16.3 Å². The molecule has 0 saturated heterocycles. The Balaban J connectivity index is 1.31. The second kappa shape index (κ2) is 8.48. The fraction of sp³-hybridized carbons (Fsp3) is 0.304. The maximum Gasteiger partial charge on any atom is 0.272 e. The Morgan fingerprint density at radius 1 is 1.04 bits per heavy atom. The van der Waals surface area contributed by atoms with Crippen LogP contribution < -0.4 is 10.9 Å². The first-order valence-corrected chi connectivity index (χ1v) is 9.85. The number of aromatic nitrogens is 2. The Hall–Kier alpha value is -2.79. The van der Waals surface area contributed by atoms with Crippen LogP contribution in [0.1, 0.15) is 36.9 Å². The van der Waals surface area contributed by atoms with Crippen LogP contribution in [0.3, 0.4) is 0 Å². The molecule has 4 rings (SSSR count). The Kier molecular flexibility index (Phi) is 5.63. The molecule has 0 spiro atoms. The van der Waals surface area contributed by atoms with Gasteiger partial charge in [0.2, 0.25) is 0 Å². The molecule has 1 aliphatic rings. The van der Waals surface area contributed by atoms with E-state index in [9.17, 15) is 9.18 Å². The summed E-state index contributed by atoms with van der Waals surface area (Å²) < 4.78 is 13.1. The number of nitrogens with one attached hydrogen (secondary N) is 2. The molecule has 144 valence electrons. The number of benzene rings is 2. The Morgan fingerprint density at radius 3 is 2.64 bits per heavy atom. The van der Waals surface area contributed by atoms with E-state index in [2.05, 4.69) is 21.6 Å². The first-order chi connectivity index (χ1) is 13.7. The molecule has 0 radical (unpaired) electrons. The summed E-state index contributed by atoms with van der Waals surface area (Å²) in [5, 5.41) is 12.1. The SMILES string of the molecule is O=c1[nH]nc(CCCCC2CC(c3ccc(F)cc3)=CCN2)c2ccccc12. The van der Waals surface area contributed by atoms with E-state index < -0.39 is 0 Å². The predicted molar refractivity (Wildman–Crippen MR) is 111 cm³/mol. The Bertz CT molecular complexity index is 1040. The average molecular weight is 377 g/mol. The molecule has 4 nitrogen and oxygen atoms in total. The zero-order valence-corrected chi connectivity index (χ0v) is 15.7. The van der Waals surface area contributed by atoms with Gasteiger partial charge in [0, 0.05) is 18.0 Å². The minimum Gasteiger partial charge on any atom is -0.310 e. The highest BCUT2D eigenvalue weighted by Gasteiger charge is 2.16. The minimum absolute atomic E-state index is 0.133. The molecule has 2 aromatic carbocycles. The molecule has 0 saturated carbocycles. The van der Waals surface area contributed by atoms with Gasteiger partial charge in [0.1, 0.15) is 5.82 Å². The van der Waals surface area contributed by atoms with Gasteiger partial charge >= 0.3 is 0 Å². The van der Waals surface area contributed by atoms with Crippen molar-refractivity contribution in [3.63, 3.8) is 0 Å². The van der Waals surface area contributed by atoms with Crippen LogP contribution in [0, 0.1) is 5.82 Å². The molecule has 3 aromatic rings. The number of unbranched alkanes of at least 4 members (excludes halogenated alkanes) is 1. The third-order valence-corrected chi connectivity index (χ3v) is 5.43. The number of nitrogens with zero attached hydrogens (tertiary/aromatic N) is 1. The molecule has 0 aliphatic carbocycles. The lowest BCUT2D eigenvalue weighted by Gasteiger charge is -2.24. The summed E-state index contributed by atoms with van der Waals surface area (Å²) in [5.74, 6) is -0.196. The van der Waals surface area contributed by atoms with Crippen molar-refractivity contribution in [1.82, 2.24) is 15.5 Å². The summed E-state index contributed by atoms with van der Waals surface area (Å²) in [5.41, 5.74) is 3.22. The van der Waals surface area contributed by atoms with Crippen LogP contribution in [0.2, 0.25) is 0 Å². The van der Waals surface area contributed by atoms with E-state index in [0.717, 1.165) is 55.3 Å². The lowest BCUT2D eigenvalue weighted by Crippen LogP contribution is -2.32. The summed E-state index contributed by atoms with van der Waals surface area (Å²) >= 11 is 0. The zero-order valence-electron chi connectivity index (χ0n) is 15.7. The first kappa shape index (κ1) is 18.6. The number of H-pyrrole nitrogens is 1. The van der Waals surface area contributed by atoms with Crippen LogP contribution in [0.4, 0.5) is 4.39 Å². The summed E-state index contributed by atoms with van der Waals surface area (Å²) in [6.45, 7) is 0.851. The molecule has 1 aromatic heterocycles. The highest BCUT2D eigenvalue weighted by molar-refractivity contribution is 5.83.